The van der Waals surface area contributed by atoms with Gasteiger partial charge in [0.1, 0.15) is 5.75 Å². The first-order valence-corrected chi connectivity index (χ1v) is 3.24. The van der Waals surface area contributed by atoms with E-state index < -0.39 is 6.03 Å². The Bertz CT molecular complexity index is 312. The summed E-state index contributed by atoms with van der Waals surface area (Å²) < 4.78 is 0. The van der Waals surface area contributed by atoms with E-state index in [1.165, 1.54) is 12.1 Å². The van der Waals surface area contributed by atoms with E-state index in [2.05, 4.69) is 5.32 Å². The van der Waals surface area contributed by atoms with Gasteiger partial charge in [-0.15, -0.1) is 0 Å². The molecule has 0 bridgehead atoms. The minimum Gasteiger partial charge on any atom is -0.506 e. The molecule has 1 aromatic rings. The van der Waals surface area contributed by atoms with Crippen LogP contribution >= 0.6 is 0 Å². The van der Waals surface area contributed by atoms with E-state index in [0.29, 0.717) is 5.69 Å². The van der Waals surface area contributed by atoms with Gasteiger partial charge in [0.2, 0.25) is 0 Å². The summed E-state index contributed by atoms with van der Waals surface area (Å²) in [4.78, 5) is 10.4. The van der Waals surface area contributed by atoms with Gasteiger partial charge in [0.25, 0.3) is 0 Å². The van der Waals surface area contributed by atoms with Crippen molar-refractivity contribution in [3.05, 3.63) is 18.2 Å². The SMILES string of the molecule is NC(=O)Nc1ccc(N)cc1O. The number of nitrogens with two attached hydrogens (primary N) is 2. The van der Waals surface area contributed by atoms with Gasteiger partial charge in [-0.2, -0.15) is 0 Å². The van der Waals surface area contributed by atoms with Gasteiger partial charge in [-0.05, 0) is 12.1 Å². The fourth-order valence-electron chi connectivity index (χ4n) is 0.787. The molecule has 5 nitrogen and oxygen atoms in total. The number of anilines is 2. The molecule has 0 heterocycles. The molecule has 12 heavy (non-hydrogen) atoms. The van der Waals surface area contributed by atoms with E-state index in [4.69, 9.17) is 11.5 Å². The third kappa shape index (κ3) is 1.79. The van der Waals surface area contributed by atoms with Crippen molar-refractivity contribution < 1.29 is 9.90 Å². The van der Waals surface area contributed by atoms with Crippen LogP contribution in [-0.4, -0.2) is 11.1 Å². The van der Waals surface area contributed by atoms with Crippen molar-refractivity contribution in [1.82, 2.24) is 0 Å². The Morgan fingerprint density at radius 2 is 2.17 bits per heavy atom. The molecule has 64 valence electrons. The Balaban J connectivity index is 2.93. The second kappa shape index (κ2) is 3.00. The second-order valence-electron chi connectivity index (χ2n) is 2.27. The van der Waals surface area contributed by atoms with Gasteiger partial charge in [0.15, 0.2) is 0 Å². The van der Waals surface area contributed by atoms with E-state index in [9.17, 15) is 9.90 Å². The average Bonchev–Trinajstić information content (AvgIpc) is 1.94. The number of benzene rings is 1. The smallest absolute Gasteiger partial charge is 0.316 e. The Hall–Kier alpha value is -1.91. The normalized spacial score (nSPS) is 9.33. The molecule has 0 aliphatic carbocycles. The minimum absolute atomic E-state index is 0.103. The monoisotopic (exact) mass is 167 g/mol. The molecule has 0 aliphatic rings. The summed E-state index contributed by atoms with van der Waals surface area (Å²) >= 11 is 0. The van der Waals surface area contributed by atoms with Crippen LogP contribution < -0.4 is 16.8 Å². The quantitative estimate of drug-likeness (QED) is 0.361. The summed E-state index contributed by atoms with van der Waals surface area (Å²) in [6.07, 6.45) is 0. The topological polar surface area (TPSA) is 101 Å². The third-order valence-electron chi connectivity index (χ3n) is 1.28. The van der Waals surface area contributed by atoms with Crippen LogP contribution in [-0.2, 0) is 0 Å². The first kappa shape index (κ1) is 8.19. The molecule has 0 unspecified atom stereocenters. The average molecular weight is 167 g/mol. The first-order valence-electron chi connectivity index (χ1n) is 3.24. The molecular weight excluding hydrogens is 158 g/mol. The molecule has 1 rings (SSSR count). The van der Waals surface area contributed by atoms with Crippen molar-refractivity contribution in [2.45, 2.75) is 0 Å². The number of rotatable bonds is 1. The van der Waals surface area contributed by atoms with E-state index in [0.717, 1.165) is 0 Å². The van der Waals surface area contributed by atoms with Crippen molar-refractivity contribution in [3.63, 3.8) is 0 Å². The van der Waals surface area contributed by atoms with Gasteiger partial charge < -0.3 is 21.9 Å². The maximum absolute atomic E-state index is 10.4. The summed E-state index contributed by atoms with van der Waals surface area (Å²) in [5.41, 5.74) is 10.9. The first-order chi connectivity index (χ1) is 5.59. The van der Waals surface area contributed by atoms with E-state index >= 15 is 0 Å². The Morgan fingerprint density at radius 1 is 1.50 bits per heavy atom. The molecule has 0 aromatic heterocycles. The van der Waals surface area contributed by atoms with Crippen molar-refractivity contribution >= 4 is 17.4 Å². The fourth-order valence-corrected chi connectivity index (χ4v) is 0.787. The van der Waals surface area contributed by atoms with Gasteiger partial charge in [-0.3, -0.25) is 0 Å². The standard InChI is InChI=1S/C7H9N3O2/c8-4-1-2-5(6(11)3-4)10-7(9)12/h1-3,11H,8H2,(H3,9,10,12). The van der Waals surface area contributed by atoms with Gasteiger partial charge in [0.05, 0.1) is 5.69 Å². The molecule has 2 amide bonds. The molecule has 0 radical (unpaired) electrons. The number of amides is 2. The number of carbonyl (C=O) groups excluding carboxylic acids is 1. The zero-order valence-corrected chi connectivity index (χ0v) is 6.24. The van der Waals surface area contributed by atoms with Crippen LogP contribution in [0.4, 0.5) is 16.2 Å². The van der Waals surface area contributed by atoms with E-state index in [1.54, 1.807) is 6.07 Å². The molecular formula is C7H9N3O2. The molecule has 0 fully saturated rings. The van der Waals surface area contributed by atoms with Crippen LogP contribution in [0.5, 0.6) is 5.75 Å². The van der Waals surface area contributed by atoms with Gasteiger partial charge in [-0.25, -0.2) is 4.79 Å². The third-order valence-corrected chi connectivity index (χ3v) is 1.28. The second-order valence-corrected chi connectivity index (χ2v) is 2.27. The Morgan fingerprint density at radius 3 is 2.67 bits per heavy atom. The number of aromatic hydroxyl groups is 1. The van der Waals surface area contributed by atoms with Crippen LogP contribution in [0.1, 0.15) is 0 Å². The number of hydrogen-bond donors (Lipinski definition) is 4. The van der Waals surface area contributed by atoms with Crippen LogP contribution in [0.15, 0.2) is 18.2 Å². The summed E-state index contributed by atoms with van der Waals surface area (Å²) in [7, 11) is 0. The zero-order chi connectivity index (χ0) is 9.14. The highest BCUT2D eigenvalue weighted by Crippen LogP contribution is 2.24. The summed E-state index contributed by atoms with van der Waals surface area (Å²) in [6.45, 7) is 0. The maximum atomic E-state index is 10.4. The van der Waals surface area contributed by atoms with Crippen LogP contribution in [0.3, 0.4) is 0 Å². The zero-order valence-electron chi connectivity index (χ0n) is 6.24. The van der Waals surface area contributed by atoms with Crippen LogP contribution in [0, 0.1) is 0 Å². The molecule has 6 N–H and O–H groups in total. The van der Waals surface area contributed by atoms with Crippen molar-refractivity contribution in [1.29, 1.82) is 0 Å². The number of nitrogen functional groups attached to an aromatic ring is 1. The number of phenols is 1. The Labute approximate surface area is 69.0 Å². The molecule has 1 aromatic carbocycles. The Kier molecular flexibility index (Phi) is 2.05. The molecule has 0 saturated carbocycles. The summed E-state index contributed by atoms with van der Waals surface area (Å²) in [5, 5.41) is 11.4. The van der Waals surface area contributed by atoms with Gasteiger partial charge in [0, 0.05) is 11.8 Å². The van der Waals surface area contributed by atoms with Crippen molar-refractivity contribution in [3.8, 4) is 5.75 Å². The highest BCUT2D eigenvalue weighted by molar-refractivity contribution is 5.89. The number of carbonyl (C=O) groups is 1. The number of urea groups is 1. The maximum Gasteiger partial charge on any atom is 0.316 e. The lowest BCUT2D eigenvalue weighted by molar-refractivity contribution is 0.259. The lowest BCUT2D eigenvalue weighted by atomic mass is 10.2. The van der Waals surface area contributed by atoms with Gasteiger partial charge >= 0.3 is 6.03 Å². The molecule has 0 spiro atoms. The highest BCUT2D eigenvalue weighted by atomic mass is 16.3. The van der Waals surface area contributed by atoms with Crippen molar-refractivity contribution in [2.75, 3.05) is 11.1 Å². The number of phenolic OH excluding ortho intramolecular Hbond substituents is 1. The summed E-state index contributed by atoms with van der Waals surface area (Å²) in [6, 6.07) is 3.61. The highest BCUT2D eigenvalue weighted by Gasteiger charge is 2.01. The van der Waals surface area contributed by atoms with Crippen molar-refractivity contribution in [2.24, 2.45) is 5.73 Å². The lowest BCUT2D eigenvalue weighted by Gasteiger charge is -2.04. The van der Waals surface area contributed by atoms with Crippen LogP contribution in [0.2, 0.25) is 0 Å². The number of primary amides is 1. The summed E-state index contributed by atoms with van der Waals surface area (Å²) in [5.74, 6) is -0.103. The molecule has 0 atom stereocenters. The minimum atomic E-state index is -0.727. The largest absolute Gasteiger partial charge is 0.506 e. The van der Waals surface area contributed by atoms with E-state index in [-0.39, 0.29) is 11.4 Å². The molecule has 0 aliphatic heterocycles. The predicted octanol–water partition coefficient (Wildman–Crippen LogP) is 0.465. The van der Waals surface area contributed by atoms with Gasteiger partial charge in [-0.1, -0.05) is 0 Å². The van der Waals surface area contributed by atoms with E-state index in [1.807, 2.05) is 0 Å². The predicted molar refractivity (Wildman–Crippen MR) is 45.7 cm³/mol. The number of hydrogen-bond acceptors (Lipinski definition) is 3. The number of nitrogens with one attached hydrogen (secondary N) is 1. The lowest BCUT2D eigenvalue weighted by Crippen LogP contribution is -2.19. The molecule has 0 saturated heterocycles. The van der Waals surface area contributed by atoms with Crippen LogP contribution in [0.25, 0.3) is 0 Å². The molecule has 5 heteroatoms. The fraction of sp³-hybridized carbons (Fsp3) is 0.